The summed E-state index contributed by atoms with van der Waals surface area (Å²) in [6.07, 6.45) is 0.372. The molecule has 0 rings (SSSR count). The van der Waals surface area contributed by atoms with Crippen molar-refractivity contribution in [2.75, 3.05) is 0 Å². The first-order valence-corrected chi connectivity index (χ1v) is 6.13. The standard InChI is InChI=1S/C13H28O2/c1-8(2)12(14)10(5)7-11(6)13(15)9(3)4/h8-15H,7H2,1-6H3. The van der Waals surface area contributed by atoms with Crippen molar-refractivity contribution in [1.29, 1.82) is 0 Å². The molecule has 0 aromatic rings. The maximum Gasteiger partial charge on any atom is 0.0588 e. The summed E-state index contributed by atoms with van der Waals surface area (Å²) in [6, 6.07) is 0. The molecule has 0 aliphatic carbocycles. The van der Waals surface area contributed by atoms with E-state index in [-0.39, 0.29) is 24.0 Å². The van der Waals surface area contributed by atoms with Gasteiger partial charge in [-0.2, -0.15) is 0 Å². The van der Waals surface area contributed by atoms with Crippen LogP contribution in [0.3, 0.4) is 0 Å². The third-order valence-electron chi connectivity index (χ3n) is 3.28. The molecule has 2 heteroatoms. The first-order chi connectivity index (χ1) is 6.77. The molecular formula is C13H28O2. The first-order valence-electron chi connectivity index (χ1n) is 6.13. The Bertz CT molecular complexity index is 148. The van der Waals surface area contributed by atoms with Crippen LogP contribution in [0.5, 0.6) is 0 Å². The molecule has 0 heterocycles. The van der Waals surface area contributed by atoms with Crippen LogP contribution in [0.1, 0.15) is 48.0 Å². The molecule has 0 aromatic heterocycles. The second kappa shape index (κ2) is 6.49. The van der Waals surface area contributed by atoms with E-state index in [1.165, 1.54) is 0 Å². The minimum Gasteiger partial charge on any atom is -0.393 e. The average molecular weight is 216 g/mol. The molecule has 2 N–H and O–H groups in total. The number of hydrogen-bond donors (Lipinski definition) is 2. The molecular weight excluding hydrogens is 188 g/mol. The van der Waals surface area contributed by atoms with Crippen LogP contribution < -0.4 is 0 Å². The maximum absolute atomic E-state index is 9.88. The van der Waals surface area contributed by atoms with Gasteiger partial charge in [-0.15, -0.1) is 0 Å². The molecule has 0 fully saturated rings. The number of aliphatic hydroxyl groups is 2. The Balaban J connectivity index is 4.11. The van der Waals surface area contributed by atoms with Gasteiger partial charge in [-0.1, -0.05) is 41.5 Å². The highest BCUT2D eigenvalue weighted by Crippen LogP contribution is 2.24. The number of hydrogen-bond acceptors (Lipinski definition) is 2. The molecule has 2 nitrogen and oxygen atoms in total. The van der Waals surface area contributed by atoms with Crippen molar-refractivity contribution in [3.8, 4) is 0 Å². The van der Waals surface area contributed by atoms with Crippen molar-refractivity contribution in [2.45, 2.75) is 60.2 Å². The molecule has 0 radical (unpaired) electrons. The highest BCUT2D eigenvalue weighted by molar-refractivity contribution is 4.75. The zero-order valence-electron chi connectivity index (χ0n) is 11.1. The quantitative estimate of drug-likeness (QED) is 0.716. The van der Waals surface area contributed by atoms with Crippen molar-refractivity contribution in [3.05, 3.63) is 0 Å². The van der Waals surface area contributed by atoms with Crippen LogP contribution in [0.15, 0.2) is 0 Å². The number of aliphatic hydroxyl groups excluding tert-OH is 2. The summed E-state index contributed by atoms with van der Waals surface area (Å²) >= 11 is 0. The Morgan fingerprint density at radius 3 is 1.13 bits per heavy atom. The third-order valence-corrected chi connectivity index (χ3v) is 3.28. The van der Waals surface area contributed by atoms with E-state index >= 15 is 0 Å². The van der Waals surface area contributed by atoms with E-state index < -0.39 is 0 Å². The van der Waals surface area contributed by atoms with E-state index in [1.807, 2.05) is 27.7 Å². The van der Waals surface area contributed by atoms with Crippen molar-refractivity contribution in [3.63, 3.8) is 0 Å². The van der Waals surface area contributed by atoms with E-state index in [4.69, 9.17) is 0 Å². The fourth-order valence-corrected chi connectivity index (χ4v) is 2.18. The van der Waals surface area contributed by atoms with Gasteiger partial charge in [0.1, 0.15) is 0 Å². The molecule has 4 atom stereocenters. The predicted octanol–water partition coefficient (Wildman–Crippen LogP) is 2.68. The lowest BCUT2D eigenvalue weighted by molar-refractivity contribution is 0.0246. The zero-order chi connectivity index (χ0) is 12.2. The summed E-state index contributed by atoms with van der Waals surface area (Å²) in [5, 5.41) is 19.8. The molecule has 0 amide bonds. The fraction of sp³-hybridized carbons (Fsp3) is 1.00. The molecule has 92 valence electrons. The van der Waals surface area contributed by atoms with E-state index in [9.17, 15) is 10.2 Å². The lowest BCUT2D eigenvalue weighted by Crippen LogP contribution is -2.30. The molecule has 0 aliphatic heterocycles. The van der Waals surface area contributed by atoms with Gasteiger partial charge in [-0.3, -0.25) is 0 Å². The maximum atomic E-state index is 9.88. The van der Waals surface area contributed by atoms with Crippen molar-refractivity contribution >= 4 is 0 Å². The zero-order valence-corrected chi connectivity index (χ0v) is 11.1. The van der Waals surface area contributed by atoms with Crippen LogP contribution in [-0.4, -0.2) is 22.4 Å². The summed E-state index contributed by atoms with van der Waals surface area (Å²) in [5.74, 6) is 1.11. The third kappa shape index (κ3) is 4.98. The largest absolute Gasteiger partial charge is 0.393 e. The Labute approximate surface area is 94.7 Å². The van der Waals surface area contributed by atoms with Crippen LogP contribution >= 0.6 is 0 Å². The summed E-state index contributed by atoms with van der Waals surface area (Å²) in [7, 11) is 0. The Morgan fingerprint density at radius 2 is 0.933 bits per heavy atom. The van der Waals surface area contributed by atoms with Gasteiger partial charge in [0.15, 0.2) is 0 Å². The minimum absolute atomic E-state index is 0.258. The smallest absolute Gasteiger partial charge is 0.0588 e. The van der Waals surface area contributed by atoms with Crippen molar-refractivity contribution in [2.24, 2.45) is 23.7 Å². The van der Waals surface area contributed by atoms with Crippen LogP contribution in [0.2, 0.25) is 0 Å². The molecule has 4 unspecified atom stereocenters. The average Bonchev–Trinajstić information content (AvgIpc) is 2.14. The van der Waals surface area contributed by atoms with E-state index in [2.05, 4.69) is 13.8 Å². The molecule has 0 aromatic carbocycles. The van der Waals surface area contributed by atoms with Gasteiger partial charge < -0.3 is 10.2 Å². The second-order valence-corrected chi connectivity index (χ2v) is 5.66. The highest BCUT2D eigenvalue weighted by atomic mass is 16.3. The summed E-state index contributed by atoms with van der Waals surface area (Å²) in [6.45, 7) is 12.3. The SMILES string of the molecule is CC(C)C(O)C(C)CC(C)C(O)C(C)C. The first kappa shape index (κ1) is 14.9. The highest BCUT2D eigenvalue weighted by Gasteiger charge is 2.24. The molecule has 0 spiro atoms. The van der Waals surface area contributed by atoms with Gasteiger partial charge in [0, 0.05) is 0 Å². The minimum atomic E-state index is -0.258. The monoisotopic (exact) mass is 216 g/mol. The molecule has 0 aliphatic rings. The van der Waals surface area contributed by atoms with Gasteiger partial charge in [-0.25, -0.2) is 0 Å². The predicted molar refractivity (Wildman–Crippen MR) is 64.6 cm³/mol. The topological polar surface area (TPSA) is 40.5 Å². The van der Waals surface area contributed by atoms with Gasteiger partial charge in [0.25, 0.3) is 0 Å². The molecule has 0 saturated carbocycles. The van der Waals surface area contributed by atoms with Crippen LogP contribution in [0.4, 0.5) is 0 Å². The molecule has 0 saturated heterocycles. The molecule has 15 heavy (non-hydrogen) atoms. The molecule has 0 bridgehead atoms. The van der Waals surface area contributed by atoms with Crippen LogP contribution in [0, 0.1) is 23.7 Å². The van der Waals surface area contributed by atoms with Gasteiger partial charge >= 0.3 is 0 Å². The van der Waals surface area contributed by atoms with Gasteiger partial charge in [0.05, 0.1) is 12.2 Å². The van der Waals surface area contributed by atoms with Gasteiger partial charge in [-0.05, 0) is 30.1 Å². The fourth-order valence-electron chi connectivity index (χ4n) is 2.18. The lowest BCUT2D eigenvalue weighted by Gasteiger charge is -2.28. The van der Waals surface area contributed by atoms with Crippen LogP contribution in [-0.2, 0) is 0 Å². The van der Waals surface area contributed by atoms with Crippen LogP contribution in [0.25, 0.3) is 0 Å². The Morgan fingerprint density at radius 1 is 0.667 bits per heavy atom. The van der Waals surface area contributed by atoms with E-state index in [0.29, 0.717) is 11.8 Å². The lowest BCUT2D eigenvalue weighted by atomic mass is 9.83. The van der Waals surface area contributed by atoms with E-state index in [0.717, 1.165) is 6.42 Å². The van der Waals surface area contributed by atoms with Gasteiger partial charge in [0.2, 0.25) is 0 Å². The summed E-state index contributed by atoms with van der Waals surface area (Å²) in [4.78, 5) is 0. The Kier molecular flexibility index (Phi) is 6.46. The van der Waals surface area contributed by atoms with E-state index in [1.54, 1.807) is 0 Å². The second-order valence-electron chi connectivity index (χ2n) is 5.66. The Hall–Kier alpha value is -0.0800. The summed E-state index contributed by atoms with van der Waals surface area (Å²) in [5.41, 5.74) is 0. The normalized spacial score (nSPS) is 20.4. The van der Waals surface area contributed by atoms with Crippen molar-refractivity contribution < 1.29 is 10.2 Å². The van der Waals surface area contributed by atoms with Crippen molar-refractivity contribution in [1.82, 2.24) is 0 Å². The summed E-state index contributed by atoms with van der Waals surface area (Å²) < 4.78 is 0. The number of rotatable bonds is 6.